The molecule has 2 N–H and O–H groups in total. The van der Waals surface area contributed by atoms with Crippen LogP contribution in [0, 0.1) is 11.6 Å². The summed E-state index contributed by atoms with van der Waals surface area (Å²) in [6.07, 6.45) is 0.917. The summed E-state index contributed by atoms with van der Waals surface area (Å²) >= 11 is 0. The molecule has 0 heterocycles. The van der Waals surface area contributed by atoms with Gasteiger partial charge in [0.1, 0.15) is 0 Å². The summed E-state index contributed by atoms with van der Waals surface area (Å²) in [4.78, 5) is -0.267. The lowest BCUT2D eigenvalue weighted by Gasteiger charge is -2.04. The van der Waals surface area contributed by atoms with Gasteiger partial charge in [0.15, 0.2) is 21.5 Å². The minimum Gasteiger partial charge on any atom is -0.326 e. The van der Waals surface area contributed by atoms with Crippen LogP contribution in [0.3, 0.4) is 0 Å². The summed E-state index contributed by atoms with van der Waals surface area (Å²) in [5, 5.41) is 0. The summed E-state index contributed by atoms with van der Waals surface area (Å²) < 4.78 is 47.9. The van der Waals surface area contributed by atoms with E-state index in [1.807, 2.05) is 0 Å². The van der Waals surface area contributed by atoms with Gasteiger partial charge in [0, 0.05) is 18.4 Å². The fourth-order valence-electron chi connectivity index (χ4n) is 0.981. The van der Waals surface area contributed by atoms with Gasteiger partial charge in [-0.15, -0.1) is 0 Å². The van der Waals surface area contributed by atoms with E-state index in [1.165, 1.54) is 0 Å². The van der Waals surface area contributed by atoms with Crippen molar-refractivity contribution in [3.63, 3.8) is 0 Å². The quantitative estimate of drug-likeness (QED) is 0.752. The van der Waals surface area contributed by atoms with Crippen molar-refractivity contribution >= 4 is 9.84 Å². The molecule has 78 valence electrons. The van der Waals surface area contributed by atoms with Crippen LogP contribution in [0.25, 0.3) is 0 Å². The van der Waals surface area contributed by atoms with Crippen LogP contribution in [0.1, 0.15) is 5.56 Å². The molecule has 1 aromatic rings. The van der Waals surface area contributed by atoms with Crippen molar-refractivity contribution in [3.05, 3.63) is 29.3 Å². The van der Waals surface area contributed by atoms with Crippen LogP contribution in [-0.4, -0.2) is 14.7 Å². The molecule has 0 unspecified atom stereocenters. The molecule has 0 spiro atoms. The minimum atomic E-state index is -3.54. The summed E-state index contributed by atoms with van der Waals surface area (Å²) in [5.41, 5.74) is 4.98. The van der Waals surface area contributed by atoms with E-state index >= 15 is 0 Å². The van der Waals surface area contributed by atoms with Crippen molar-refractivity contribution in [1.29, 1.82) is 0 Å². The molecule has 0 saturated heterocycles. The SMILES string of the molecule is CS(=O)(=O)c1cc(F)c(F)c(CN)c1. The number of rotatable bonds is 2. The Morgan fingerprint density at radius 1 is 1.36 bits per heavy atom. The van der Waals surface area contributed by atoms with Gasteiger partial charge < -0.3 is 5.73 Å². The van der Waals surface area contributed by atoms with Crippen molar-refractivity contribution in [2.24, 2.45) is 5.73 Å². The maximum atomic E-state index is 12.9. The highest BCUT2D eigenvalue weighted by molar-refractivity contribution is 7.90. The monoisotopic (exact) mass is 221 g/mol. The molecule has 0 aliphatic carbocycles. The second-order valence-electron chi connectivity index (χ2n) is 2.85. The normalized spacial score (nSPS) is 11.7. The average Bonchev–Trinajstić information content (AvgIpc) is 2.07. The van der Waals surface area contributed by atoms with E-state index in [1.54, 1.807) is 0 Å². The number of hydrogen-bond acceptors (Lipinski definition) is 3. The Balaban J connectivity index is 3.46. The first-order valence-electron chi connectivity index (χ1n) is 3.74. The highest BCUT2D eigenvalue weighted by atomic mass is 32.2. The Bertz CT molecular complexity index is 457. The van der Waals surface area contributed by atoms with Gasteiger partial charge in [-0.2, -0.15) is 0 Å². The Kier molecular flexibility index (Phi) is 2.86. The fraction of sp³-hybridized carbons (Fsp3) is 0.250. The highest BCUT2D eigenvalue weighted by Crippen LogP contribution is 2.18. The van der Waals surface area contributed by atoms with Gasteiger partial charge in [-0.1, -0.05) is 0 Å². The summed E-state index contributed by atoms with van der Waals surface area (Å²) in [5.74, 6) is -2.30. The van der Waals surface area contributed by atoms with E-state index < -0.39 is 21.5 Å². The maximum Gasteiger partial charge on any atom is 0.175 e. The molecule has 0 radical (unpaired) electrons. The van der Waals surface area contributed by atoms with Crippen molar-refractivity contribution in [3.8, 4) is 0 Å². The largest absolute Gasteiger partial charge is 0.326 e. The zero-order valence-corrected chi connectivity index (χ0v) is 8.24. The number of nitrogens with two attached hydrogens (primary N) is 1. The van der Waals surface area contributed by atoms with Crippen LogP contribution < -0.4 is 5.73 Å². The molecule has 1 rings (SSSR count). The van der Waals surface area contributed by atoms with Crippen molar-refractivity contribution in [2.75, 3.05) is 6.26 Å². The van der Waals surface area contributed by atoms with Crippen LogP contribution >= 0.6 is 0 Å². The second-order valence-corrected chi connectivity index (χ2v) is 4.87. The number of halogens is 2. The molecular weight excluding hydrogens is 212 g/mol. The molecule has 0 amide bonds. The van der Waals surface area contributed by atoms with Gasteiger partial charge >= 0.3 is 0 Å². The van der Waals surface area contributed by atoms with Crippen LogP contribution in [0.15, 0.2) is 17.0 Å². The van der Waals surface area contributed by atoms with Gasteiger partial charge in [0.05, 0.1) is 4.90 Å². The van der Waals surface area contributed by atoms with Crippen LogP contribution in [-0.2, 0) is 16.4 Å². The number of sulfone groups is 1. The van der Waals surface area contributed by atoms with E-state index in [4.69, 9.17) is 5.73 Å². The summed E-state index contributed by atoms with van der Waals surface area (Å²) in [6, 6.07) is 1.68. The Labute approximate surface area is 80.5 Å². The van der Waals surface area contributed by atoms with E-state index in [-0.39, 0.29) is 17.0 Å². The minimum absolute atomic E-state index is 0.148. The molecule has 3 nitrogen and oxygen atoms in total. The highest BCUT2D eigenvalue weighted by Gasteiger charge is 2.15. The van der Waals surface area contributed by atoms with Gasteiger partial charge in [-0.05, 0) is 12.1 Å². The first kappa shape index (κ1) is 11.1. The van der Waals surface area contributed by atoms with E-state index in [9.17, 15) is 17.2 Å². The Hall–Kier alpha value is -1.01. The molecule has 0 fully saturated rings. The molecule has 0 aliphatic heterocycles. The molecular formula is C8H9F2NO2S. The molecule has 0 bridgehead atoms. The zero-order valence-electron chi connectivity index (χ0n) is 7.42. The molecule has 1 aromatic carbocycles. The second kappa shape index (κ2) is 3.62. The van der Waals surface area contributed by atoms with Crippen molar-refractivity contribution in [2.45, 2.75) is 11.4 Å². The third kappa shape index (κ3) is 2.08. The average molecular weight is 221 g/mol. The standard InChI is InChI=1S/C8H9F2NO2S/c1-14(12,13)6-2-5(4-11)8(10)7(9)3-6/h2-3H,4,11H2,1H3. The smallest absolute Gasteiger partial charge is 0.175 e. The molecule has 6 heteroatoms. The van der Waals surface area contributed by atoms with Gasteiger partial charge in [0.25, 0.3) is 0 Å². The third-order valence-electron chi connectivity index (χ3n) is 1.73. The van der Waals surface area contributed by atoms with Crippen molar-refractivity contribution < 1.29 is 17.2 Å². The molecule has 0 aromatic heterocycles. The predicted molar refractivity (Wildman–Crippen MR) is 47.4 cm³/mol. The predicted octanol–water partition coefficient (Wildman–Crippen LogP) is 0.827. The lowest BCUT2D eigenvalue weighted by atomic mass is 10.2. The van der Waals surface area contributed by atoms with Crippen molar-refractivity contribution in [1.82, 2.24) is 0 Å². The maximum absolute atomic E-state index is 12.9. The lowest BCUT2D eigenvalue weighted by Crippen LogP contribution is -2.06. The Morgan fingerprint density at radius 2 is 1.93 bits per heavy atom. The van der Waals surface area contributed by atoms with Gasteiger partial charge in [-0.25, -0.2) is 17.2 Å². The zero-order chi connectivity index (χ0) is 10.9. The summed E-state index contributed by atoms with van der Waals surface area (Å²) in [6.45, 7) is -0.244. The van der Waals surface area contributed by atoms with Crippen LogP contribution in [0.2, 0.25) is 0 Å². The lowest BCUT2D eigenvalue weighted by molar-refractivity contribution is 0.495. The molecule has 0 aliphatic rings. The third-order valence-corrected chi connectivity index (χ3v) is 2.82. The fourth-order valence-corrected chi connectivity index (χ4v) is 1.65. The van der Waals surface area contributed by atoms with Crippen LogP contribution in [0.5, 0.6) is 0 Å². The van der Waals surface area contributed by atoms with Gasteiger partial charge in [0.2, 0.25) is 0 Å². The first-order chi connectivity index (χ1) is 6.36. The summed E-state index contributed by atoms with van der Waals surface area (Å²) in [7, 11) is -3.54. The number of hydrogen-bond donors (Lipinski definition) is 1. The van der Waals surface area contributed by atoms with E-state index in [0.29, 0.717) is 6.07 Å². The first-order valence-corrected chi connectivity index (χ1v) is 5.63. The topological polar surface area (TPSA) is 60.2 Å². The van der Waals surface area contributed by atoms with E-state index in [2.05, 4.69) is 0 Å². The van der Waals surface area contributed by atoms with Gasteiger partial charge in [-0.3, -0.25) is 0 Å². The molecule has 0 saturated carbocycles. The van der Waals surface area contributed by atoms with E-state index in [0.717, 1.165) is 12.3 Å². The molecule has 0 atom stereocenters. The van der Waals surface area contributed by atoms with Crippen LogP contribution in [0.4, 0.5) is 8.78 Å². The Morgan fingerprint density at radius 3 is 2.36 bits per heavy atom. The molecule has 14 heavy (non-hydrogen) atoms. The number of benzene rings is 1.